The van der Waals surface area contributed by atoms with E-state index in [1.165, 1.54) is 6.92 Å². The molecule has 2 saturated carbocycles. The summed E-state index contributed by atoms with van der Waals surface area (Å²) in [6.07, 6.45) is -6.91. The highest BCUT2D eigenvalue weighted by Crippen LogP contribution is 2.48. The number of hydrogen-bond acceptors (Lipinski definition) is 2. The maximum absolute atomic E-state index is 13.3. The van der Waals surface area contributed by atoms with Crippen LogP contribution in [0.2, 0.25) is 0 Å². The van der Waals surface area contributed by atoms with Crippen LogP contribution in [0.25, 0.3) is 0 Å². The molecule has 3 aliphatic rings. The lowest BCUT2D eigenvalue weighted by atomic mass is 9.73. The minimum atomic E-state index is -4.60. The molecule has 0 aromatic heterocycles. The van der Waals surface area contributed by atoms with Crippen molar-refractivity contribution in [1.29, 1.82) is 0 Å². The summed E-state index contributed by atoms with van der Waals surface area (Å²) < 4.78 is 79.8. The van der Waals surface area contributed by atoms with Gasteiger partial charge < -0.3 is 4.90 Å². The first kappa shape index (κ1) is 22.7. The molecule has 29 heavy (non-hydrogen) atoms. The molecule has 4 unspecified atom stereocenters. The van der Waals surface area contributed by atoms with Crippen LogP contribution in [0.3, 0.4) is 0 Å². The van der Waals surface area contributed by atoms with Crippen LogP contribution in [0.15, 0.2) is 0 Å². The first-order valence-corrected chi connectivity index (χ1v) is 10.5. The molecule has 0 aromatic rings. The molecular formula is C20H30F6N2O. The van der Waals surface area contributed by atoms with Crippen molar-refractivity contribution in [3.63, 3.8) is 0 Å². The minimum absolute atomic E-state index is 0.00502. The minimum Gasteiger partial charge on any atom is -0.334 e. The highest BCUT2D eigenvalue weighted by atomic mass is 19.4. The van der Waals surface area contributed by atoms with E-state index in [4.69, 9.17) is 0 Å². The van der Waals surface area contributed by atoms with Crippen molar-refractivity contribution in [1.82, 2.24) is 9.80 Å². The van der Waals surface area contributed by atoms with Crippen molar-refractivity contribution < 1.29 is 31.1 Å². The van der Waals surface area contributed by atoms with E-state index < -0.39 is 36.5 Å². The van der Waals surface area contributed by atoms with E-state index in [2.05, 4.69) is 4.90 Å². The van der Waals surface area contributed by atoms with Crippen LogP contribution in [0.5, 0.6) is 0 Å². The Morgan fingerprint density at radius 2 is 1.41 bits per heavy atom. The maximum Gasteiger partial charge on any atom is 0.391 e. The Hall–Kier alpha value is -0.990. The van der Waals surface area contributed by atoms with Gasteiger partial charge in [-0.1, -0.05) is 12.8 Å². The first-order valence-electron chi connectivity index (χ1n) is 10.5. The fourth-order valence-electron chi connectivity index (χ4n) is 5.94. The number of alkyl halides is 6. The van der Waals surface area contributed by atoms with Gasteiger partial charge in [0.05, 0.1) is 11.8 Å². The van der Waals surface area contributed by atoms with Gasteiger partial charge in [-0.15, -0.1) is 0 Å². The molecule has 2 aliphatic carbocycles. The number of rotatable bonds is 2. The van der Waals surface area contributed by atoms with Gasteiger partial charge in [0, 0.05) is 38.1 Å². The smallest absolute Gasteiger partial charge is 0.334 e. The number of halogens is 6. The molecule has 0 radical (unpaired) electrons. The normalized spacial score (nSPS) is 37.3. The largest absolute Gasteiger partial charge is 0.391 e. The Labute approximate surface area is 167 Å². The van der Waals surface area contributed by atoms with E-state index in [-0.39, 0.29) is 43.4 Å². The van der Waals surface area contributed by atoms with Crippen LogP contribution in [0.4, 0.5) is 26.3 Å². The fourth-order valence-corrected chi connectivity index (χ4v) is 5.94. The van der Waals surface area contributed by atoms with Gasteiger partial charge in [0.25, 0.3) is 0 Å². The van der Waals surface area contributed by atoms with Crippen molar-refractivity contribution in [3.8, 4) is 0 Å². The molecule has 3 rings (SSSR count). The summed E-state index contributed by atoms with van der Waals surface area (Å²) in [6, 6.07) is -0.0582. The van der Waals surface area contributed by atoms with E-state index in [1.54, 1.807) is 0 Å². The predicted molar refractivity (Wildman–Crippen MR) is 96.0 cm³/mol. The Kier molecular flexibility index (Phi) is 6.47. The molecular weight excluding hydrogens is 398 g/mol. The summed E-state index contributed by atoms with van der Waals surface area (Å²) in [4.78, 5) is 16.1. The standard InChI is InChI=1S/C20H30F6N2O/c1-12-10-27(17-5-3-4-6-18(17)28(12)13(2)29)11-14-7-15(19(21,22)23)9-16(8-14)20(24,25)26/h12,14-18H,3-11H2,1-2H3/t12-,14?,15?,16?,17?,18?/m0/s1. The van der Waals surface area contributed by atoms with Gasteiger partial charge in [0.1, 0.15) is 0 Å². The molecule has 5 atom stereocenters. The summed E-state index contributed by atoms with van der Waals surface area (Å²) in [5.74, 6) is -4.45. The van der Waals surface area contributed by atoms with Gasteiger partial charge in [0.2, 0.25) is 5.91 Å². The lowest BCUT2D eigenvalue weighted by molar-refractivity contribution is -0.230. The number of carbonyl (C=O) groups excluding carboxylic acids is 1. The van der Waals surface area contributed by atoms with E-state index in [1.807, 2.05) is 11.8 Å². The second-order valence-electron chi connectivity index (χ2n) is 9.20. The second-order valence-corrected chi connectivity index (χ2v) is 9.20. The van der Waals surface area contributed by atoms with Crippen LogP contribution in [-0.2, 0) is 4.79 Å². The molecule has 1 saturated heterocycles. The number of carbonyl (C=O) groups is 1. The van der Waals surface area contributed by atoms with Crippen molar-refractivity contribution in [2.24, 2.45) is 17.8 Å². The molecule has 1 aliphatic heterocycles. The van der Waals surface area contributed by atoms with Crippen molar-refractivity contribution in [2.45, 2.75) is 89.3 Å². The van der Waals surface area contributed by atoms with Gasteiger partial charge in [-0.05, 0) is 44.9 Å². The van der Waals surface area contributed by atoms with Crippen LogP contribution < -0.4 is 0 Å². The average molecular weight is 428 g/mol. The lowest BCUT2D eigenvalue weighted by Gasteiger charge is -2.54. The number of fused-ring (bicyclic) bond motifs is 1. The van der Waals surface area contributed by atoms with E-state index in [0.717, 1.165) is 25.7 Å². The van der Waals surface area contributed by atoms with Crippen LogP contribution in [0, 0.1) is 17.8 Å². The predicted octanol–water partition coefficient (Wildman–Crippen LogP) is 5.01. The van der Waals surface area contributed by atoms with E-state index >= 15 is 0 Å². The summed E-state index contributed by atoms with van der Waals surface area (Å²) >= 11 is 0. The number of nitrogens with zero attached hydrogens (tertiary/aromatic N) is 2. The second kappa shape index (κ2) is 8.27. The van der Waals surface area contributed by atoms with Crippen LogP contribution in [0.1, 0.15) is 58.8 Å². The van der Waals surface area contributed by atoms with Gasteiger partial charge in [-0.3, -0.25) is 9.69 Å². The zero-order chi connectivity index (χ0) is 21.6. The lowest BCUT2D eigenvalue weighted by Crippen LogP contribution is -2.65. The van der Waals surface area contributed by atoms with E-state index in [0.29, 0.717) is 6.54 Å². The van der Waals surface area contributed by atoms with Crippen LogP contribution >= 0.6 is 0 Å². The Morgan fingerprint density at radius 3 is 1.90 bits per heavy atom. The summed E-state index contributed by atoms with van der Waals surface area (Å²) in [7, 11) is 0. The molecule has 1 heterocycles. The van der Waals surface area contributed by atoms with Crippen LogP contribution in [-0.4, -0.2) is 59.3 Å². The van der Waals surface area contributed by atoms with Crippen molar-refractivity contribution in [2.75, 3.05) is 13.1 Å². The third kappa shape index (κ3) is 5.02. The summed E-state index contributed by atoms with van der Waals surface area (Å²) in [5.41, 5.74) is 0. The summed E-state index contributed by atoms with van der Waals surface area (Å²) in [5, 5.41) is 0. The monoisotopic (exact) mass is 428 g/mol. The average Bonchev–Trinajstić information content (AvgIpc) is 2.59. The molecule has 3 fully saturated rings. The molecule has 0 bridgehead atoms. The molecule has 168 valence electrons. The van der Waals surface area contributed by atoms with Gasteiger partial charge in [0.15, 0.2) is 0 Å². The quantitative estimate of drug-likeness (QED) is 0.578. The van der Waals surface area contributed by atoms with Gasteiger partial charge >= 0.3 is 12.4 Å². The number of piperazine rings is 1. The molecule has 1 amide bonds. The molecule has 0 N–H and O–H groups in total. The Balaban J connectivity index is 1.77. The van der Waals surface area contributed by atoms with Crippen molar-refractivity contribution in [3.05, 3.63) is 0 Å². The number of hydrogen-bond donors (Lipinski definition) is 0. The maximum atomic E-state index is 13.3. The topological polar surface area (TPSA) is 23.6 Å². The third-order valence-electron chi connectivity index (χ3n) is 7.08. The van der Waals surface area contributed by atoms with E-state index in [9.17, 15) is 31.1 Å². The molecule has 0 spiro atoms. The highest BCUT2D eigenvalue weighted by Gasteiger charge is 2.52. The number of amides is 1. The zero-order valence-electron chi connectivity index (χ0n) is 16.9. The highest BCUT2D eigenvalue weighted by molar-refractivity contribution is 5.74. The zero-order valence-corrected chi connectivity index (χ0v) is 16.9. The SMILES string of the molecule is CC(=O)N1C2CCCCC2N(CC2CC(C(F)(F)F)CC(C(F)(F)F)C2)C[C@@H]1C. The Morgan fingerprint density at radius 1 is 0.897 bits per heavy atom. The molecule has 9 heteroatoms. The molecule has 3 nitrogen and oxygen atoms in total. The van der Waals surface area contributed by atoms with Gasteiger partial charge in [-0.25, -0.2) is 0 Å². The third-order valence-corrected chi connectivity index (χ3v) is 7.08. The van der Waals surface area contributed by atoms with Crippen molar-refractivity contribution >= 4 is 5.91 Å². The molecule has 0 aromatic carbocycles. The van der Waals surface area contributed by atoms with Gasteiger partial charge in [-0.2, -0.15) is 26.3 Å². The summed E-state index contributed by atoms with van der Waals surface area (Å²) in [6.45, 7) is 4.19. The first-order chi connectivity index (χ1) is 13.4. The Bertz CT molecular complexity index is 571. The fraction of sp³-hybridized carbons (Fsp3) is 0.950.